The minimum Gasteiger partial charge on any atom is -0.298 e. The molecule has 0 unspecified atom stereocenters. The summed E-state index contributed by atoms with van der Waals surface area (Å²) >= 11 is 2.94. The zero-order chi connectivity index (χ0) is 12.4. The van der Waals surface area contributed by atoms with Crippen molar-refractivity contribution < 1.29 is 13.6 Å². The first-order chi connectivity index (χ1) is 8.13. The van der Waals surface area contributed by atoms with Gasteiger partial charge in [0, 0.05) is 18.0 Å². The van der Waals surface area contributed by atoms with E-state index < -0.39 is 11.6 Å². The highest BCUT2D eigenvalue weighted by Gasteiger charge is 2.14. The van der Waals surface area contributed by atoms with Gasteiger partial charge < -0.3 is 0 Å². The molecule has 0 aliphatic heterocycles. The van der Waals surface area contributed by atoms with E-state index in [1.165, 1.54) is 18.5 Å². The summed E-state index contributed by atoms with van der Waals surface area (Å²) in [6.07, 6.45) is 3.22. The molecule has 3 nitrogen and oxygen atoms in total. The number of aromatic nitrogens is 2. The van der Waals surface area contributed by atoms with Crippen LogP contribution in [0.5, 0.6) is 0 Å². The second-order valence-electron chi connectivity index (χ2n) is 3.18. The van der Waals surface area contributed by atoms with E-state index in [9.17, 15) is 13.6 Å². The summed E-state index contributed by atoms with van der Waals surface area (Å²) in [6, 6.07) is 2.35. The number of halogens is 3. The van der Waals surface area contributed by atoms with Gasteiger partial charge in [-0.2, -0.15) is 0 Å². The fourth-order valence-corrected chi connectivity index (χ4v) is 1.74. The van der Waals surface area contributed by atoms with Gasteiger partial charge in [-0.3, -0.25) is 4.79 Å². The molecule has 0 aliphatic carbocycles. The maximum atomic E-state index is 13.3. The summed E-state index contributed by atoms with van der Waals surface area (Å²) in [5.74, 6) is -1.74. The zero-order valence-electron chi connectivity index (χ0n) is 8.32. The Bertz CT molecular complexity index is 572. The Kier molecular flexibility index (Phi) is 3.23. The lowest BCUT2D eigenvalue weighted by Crippen LogP contribution is -1.95. The van der Waals surface area contributed by atoms with Crippen molar-refractivity contribution in [3.63, 3.8) is 0 Å². The molecule has 17 heavy (non-hydrogen) atoms. The van der Waals surface area contributed by atoms with Crippen LogP contribution in [-0.2, 0) is 0 Å². The lowest BCUT2D eigenvalue weighted by Gasteiger charge is -2.04. The van der Waals surface area contributed by atoms with Crippen molar-refractivity contribution in [3.8, 4) is 11.4 Å². The van der Waals surface area contributed by atoms with Crippen LogP contribution in [0.4, 0.5) is 8.78 Å². The van der Waals surface area contributed by atoms with Gasteiger partial charge in [0.05, 0.1) is 10.0 Å². The SMILES string of the molecule is O=Cc1cnc(-c2ccc(F)c(F)c2Br)nc1. The van der Waals surface area contributed by atoms with E-state index in [0.29, 0.717) is 17.4 Å². The molecular weight excluding hydrogens is 294 g/mol. The molecule has 0 aliphatic rings. The first kappa shape index (κ1) is 11.8. The molecule has 0 saturated carbocycles. The van der Waals surface area contributed by atoms with E-state index in [-0.39, 0.29) is 10.3 Å². The van der Waals surface area contributed by atoms with Gasteiger partial charge in [0.25, 0.3) is 0 Å². The molecule has 1 aromatic heterocycles. The molecule has 0 N–H and O–H groups in total. The van der Waals surface area contributed by atoms with Crippen molar-refractivity contribution in [1.29, 1.82) is 0 Å². The molecule has 0 saturated heterocycles. The van der Waals surface area contributed by atoms with Crippen molar-refractivity contribution in [2.75, 3.05) is 0 Å². The van der Waals surface area contributed by atoms with Gasteiger partial charge >= 0.3 is 0 Å². The Morgan fingerprint density at radius 2 is 1.82 bits per heavy atom. The largest absolute Gasteiger partial charge is 0.298 e. The van der Waals surface area contributed by atoms with E-state index in [4.69, 9.17) is 0 Å². The van der Waals surface area contributed by atoms with Crippen LogP contribution in [0.15, 0.2) is 29.0 Å². The molecule has 0 atom stereocenters. The Hall–Kier alpha value is -1.69. The third kappa shape index (κ3) is 2.21. The minimum absolute atomic E-state index is 0.0450. The van der Waals surface area contributed by atoms with E-state index in [0.717, 1.165) is 6.07 Å². The number of hydrogen-bond acceptors (Lipinski definition) is 3. The molecule has 86 valence electrons. The number of carbonyl (C=O) groups is 1. The van der Waals surface area contributed by atoms with Crippen molar-refractivity contribution >= 4 is 22.2 Å². The molecule has 0 amide bonds. The number of nitrogens with zero attached hydrogens (tertiary/aromatic N) is 2. The fraction of sp³-hybridized carbons (Fsp3) is 0. The minimum atomic E-state index is -0.995. The van der Waals surface area contributed by atoms with Crippen molar-refractivity contribution in [2.24, 2.45) is 0 Å². The first-order valence-corrected chi connectivity index (χ1v) is 5.34. The second-order valence-corrected chi connectivity index (χ2v) is 3.97. The quantitative estimate of drug-likeness (QED) is 0.632. The predicted octanol–water partition coefficient (Wildman–Crippen LogP) is 3.00. The van der Waals surface area contributed by atoms with Crippen molar-refractivity contribution in [3.05, 3.63) is 46.2 Å². The third-order valence-electron chi connectivity index (χ3n) is 2.08. The normalized spacial score (nSPS) is 10.3. The lowest BCUT2D eigenvalue weighted by molar-refractivity contribution is 0.112. The van der Waals surface area contributed by atoms with Crippen LogP contribution in [0.3, 0.4) is 0 Å². The number of aldehydes is 1. The molecule has 0 fully saturated rings. The molecule has 1 heterocycles. The predicted molar refractivity (Wildman–Crippen MR) is 60.5 cm³/mol. The average molecular weight is 299 g/mol. The van der Waals surface area contributed by atoms with Crippen LogP contribution in [0, 0.1) is 11.6 Å². The molecule has 2 rings (SSSR count). The smallest absolute Gasteiger partial charge is 0.173 e. The summed E-state index contributed by atoms with van der Waals surface area (Å²) in [7, 11) is 0. The molecule has 6 heteroatoms. The Balaban J connectivity index is 2.53. The van der Waals surface area contributed by atoms with E-state index >= 15 is 0 Å². The maximum absolute atomic E-state index is 13.3. The number of benzene rings is 1. The monoisotopic (exact) mass is 298 g/mol. The van der Waals surface area contributed by atoms with E-state index in [1.807, 2.05) is 0 Å². The summed E-state index contributed by atoms with van der Waals surface area (Å²) in [6.45, 7) is 0. The molecule has 1 aromatic carbocycles. The Morgan fingerprint density at radius 3 is 2.41 bits per heavy atom. The number of carbonyl (C=O) groups excluding carboxylic acids is 1. The third-order valence-corrected chi connectivity index (χ3v) is 2.86. The number of hydrogen-bond donors (Lipinski definition) is 0. The fourth-order valence-electron chi connectivity index (χ4n) is 1.24. The molecule has 0 spiro atoms. The van der Waals surface area contributed by atoms with E-state index in [2.05, 4.69) is 25.9 Å². The molecule has 0 bridgehead atoms. The first-order valence-electron chi connectivity index (χ1n) is 4.54. The summed E-state index contributed by atoms with van der Waals surface area (Å²) < 4.78 is 26.1. The van der Waals surface area contributed by atoms with Crippen LogP contribution in [0.2, 0.25) is 0 Å². The zero-order valence-corrected chi connectivity index (χ0v) is 9.91. The summed E-state index contributed by atoms with van der Waals surface area (Å²) in [4.78, 5) is 18.2. The standard InChI is InChI=1S/C11H5BrF2N2O/c12-9-7(1-2-8(13)10(9)14)11-15-3-6(5-17)4-16-11/h1-5H. The van der Waals surface area contributed by atoms with Crippen LogP contribution in [-0.4, -0.2) is 16.3 Å². The maximum Gasteiger partial charge on any atom is 0.173 e. The summed E-state index contributed by atoms with van der Waals surface area (Å²) in [5.41, 5.74) is 0.633. The van der Waals surface area contributed by atoms with Gasteiger partial charge in [-0.15, -0.1) is 0 Å². The average Bonchev–Trinajstić information content (AvgIpc) is 2.36. The Labute approximate surface area is 104 Å². The second kappa shape index (κ2) is 4.67. The van der Waals surface area contributed by atoms with Gasteiger partial charge in [-0.05, 0) is 28.1 Å². The summed E-state index contributed by atoms with van der Waals surface area (Å²) in [5, 5.41) is 0. The number of rotatable bonds is 2. The van der Waals surface area contributed by atoms with Gasteiger partial charge in [0.1, 0.15) is 0 Å². The van der Waals surface area contributed by atoms with Crippen LogP contribution < -0.4 is 0 Å². The topological polar surface area (TPSA) is 42.9 Å². The highest BCUT2D eigenvalue weighted by atomic mass is 79.9. The van der Waals surface area contributed by atoms with Crippen LogP contribution in [0.25, 0.3) is 11.4 Å². The van der Waals surface area contributed by atoms with Gasteiger partial charge in [0.2, 0.25) is 0 Å². The molecule has 0 radical (unpaired) electrons. The van der Waals surface area contributed by atoms with Gasteiger partial charge in [0.15, 0.2) is 23.7 Å². The Morgan fingerprint density at radius 1 is 1.18 bits per heavy atom. The van der Waals surface area contributed by atoms with Gasteiger partial charge in [-0.1, -0.05) is 0 Å². The van der Waals surface area contributed by atoms with Crippen LogP contribution in [0.1, 0.15) is 10.4 Å². The highest BCUT2D eigenvalue weighted by Crippen LogP contribution is 2.29. The van der Waals surface area contributed by atoms with E-state index in [1.54, 1.807) is 0 Å². The van der Waals surface area contributed by atoms with Crippen LogP contribution >= 0.6 is 15.9 Å². The van der Waals surface area contributed by atoms with Crippen molar-refractivity contribution in [1.82, 2.24) is 9.97 Å². The van der Waals surface area contributed by atoms with Gasteiger partial charge in [-0.25, -0.2) is 18.7 Å². The van der Waals surface area contributed by atoms with Crippen molar-refractivity contribution in [2.45, 2.75) is 0 Å². The molecular formula is C11H5BrF2N2O. The lowest BCUT2D eigenvalue weighted by atomic mass is 10.2. The highest BCUT2D eigenvalue weighted by molar-refractivity contribution is 9.10. The molecule has 2 aromatic rings.